The van der Waals surface area contributed by atoms with E-state index in [-0.39, 0.29) is 22.8 Å². The Morgan fingerprint density at radius 3 is 1.56 bits per heavy atom. The Morgan fingerprint density at radius 2 is 1.08 bits per heavy atom. The second kappa shape index (κ2) is 10.6. The Kier molecular flexibility index (Phi) is 7.69. The van der Waals surface area contributed by atoms with E-state index in [2.05, 4.69) is 25.9 Å². The first-order chi connectivity index (χ1) is 17.0. The Bertz CT molecular complexity index is 1320. The number of benzene rings is 2. The SMILES string of the molecule is CC1(C)OB(c2cncc(-c3ccc(F)cc3)c2)OC1(C)C.Fc1ccc(-c2cncc(Br)c2)cc1. The van der Waals surface area contributed by atoms with Gasteiger partial charge in [-0.2, -0.15) is 0 Å². The van der Waals surface area contributed by atoms with Crippen LogP contribution in [0.2, 0.25) is 0 Å². The van der Waals surface area contributed by atoms with Gasteiger partial charge in [0, 0.05) is 40.3 Å². The molecule has 0 N–H and O–H groups in total. The van der Waals surface area contributed by atoms with Crippen LogP contribution in [-0.2, 0) is 9.31 Å². The zero-order valence-corrected chi connectivity index (χ0v) is 22.1. The number of halogens is 3. The third-order valence-electron chi connectivity index (χ3n) is 6.34. The molecule has 184 valence electrons. The highest BCUT2D eigenvalue weighted by atomic mass is 79.9. The number of hydrogen-bond donors (Lipinski definition) is 0. The molecule has 1 saturated heterocycles. The van der Waals surface area contributed by atoms with Crippen molar-refractivity contribution in [2.75, 3.05) is 0 Å². The van der Waals surface area contributed by atoms with E-state index >= 15 is 0 Å². The molecule has 3 heterocycles. The van der Waals surface area contributed by atoms with E-state index in [9.17, 15) is 8.78 Å². The minimum atomic E-state index is -0.446. The molecule has 4 aromatic rings. The molecule has 1 aliphatic heterocycles. The smallest absolute Gasteiger partial charge is 0.399 e. The standard InChI is InChI=1S/C17H19BFNO2.C11H7BrFN/c1-16(2)17(3,4)22-18(21-16)14-9-13(10-20-11-14)12-5-7-15(19)8-6-12;12-10-5-9(6-14-7-10)8-1-3-11(13)4-2-8/h5-11H,1-4H3;1-7H. The average molecular weight is 551 g/mol. The lowest BCUT2D eigenvalue weighted by Gasteiger charge is -2.32. The molecule has 2 aromatic carbocycles. The predicted molar refractivity (Wildman–Crippen MR) is 143 cm³/mol. The van der Waals surface area contributed by atoms with Gasteiger partial charge in [-0.1, -0.05) is 30.3 Å². The lowest BCUT2D eigenvalue weighted by Crippen LogP contribution is -2.41. The number of aromatic nitrogens is 2. The summed E-state index contributed by atoms with van der Waals surface area (Å²) in [6.07, 6.45) is 6.96. The minimum Gasteiger partial charge on any atom is -0.399 e. The van der Waals surface area contributed by atoms with Crippen LogP contribution in [0.25, 0.3) is 22.3 Å². The summed E-state index contributed by atoms with van der Waals surface area (Å²) < 4.78 is 38.7. The summed E-state index contributed by atoms with van der Waals surface area (Å²) in [6.45, 7) is 8.07. The summed E-state index contributed by atoms with van der Waals surface area (Å²) in [5, 5.41) is 0. The monoisotopic (exact) mass is 550 g/mol. The Balaban J connectivity index is 0.000000187. The van der Waals surface area contributed by atoms with Crippen LogP contribution in [0.3, 0.4) is 0 Å². The lowest BCUT2D eigenvalue weighted by atomic mass is 9.79. The molecule has 2 aromatic heterocycles. The van der Waals surface area contributed by atoms with Gasteiger partial charge < -0.3 is 9.31 Å². The normalized spacial score (nSPS) is 15.8. The van der Waals surface area contributed by atoms with Crippen molar-refractivity contribution in [2.45, 2.75) is 38.9 Å². The van der Waals surface area contributed by atoms with Crippen LogP contribution in [0.1, 0.15) is 27.7 Å². The molecule has 0 spiro atoms. The van der Waals surface area contributed by atoms with E-state index in [0.717, 1.165) is 32.2 Å². The van der Waals surface area contributed by atoms with Gasteiger partial charge in [0.1, 0.15) is 11.6 Å². The molecule has 0 atom stereocenters. The van der Waals surface area contributed by atoms with Crippen LogP contribution in [0.15, 0.2) is 89.9 Å². The number of hydrogen-bond acceptors (Lipinski definition) is 4. The first kappa shape index (κ1) is 26.1. The van der Waals surface area contributed by atoms with Crippen LogP contribution < -0.4 is 5.46 Å². The van der Waals surface area contributed by atoms with Crippen molar-refractivity contribution >= 4 is 28.5 Å². The average Bonchev–Trinajstić information content (AvgIpc) is 3.07. The van der Waals surface area contributed by atoms with Crippen molar-refractivity contribution in [3.8, 4) is 22.3 Å². The molecule has 1 fully saturated rings. The fourth-order valence-electron chi connectivity index (χ4n) is 3.58. The van der Waals surface area contributed by atoms with Crippen LogP contribution in [-0.4, -0.2) is 28.3 Å². The second-order valence-corrected chi connectivity index (χ2v) is 10.4. The largest absolute Gasteiger partial charge is 0.496 e. The van der Waals surface area contributed by atoms with E-state index in [1.165, 1.54) is 24.3 Å². The second-order valence-electron chi connectivity index (χ2n) is 9.50. The predicted octanol–water partition coefficient (Wildman–Crippen LogP) is 6.84. The minimum absolute atomic E-state index is 0.225. The number of pyridine rings is 2. The summed E-state index contributed by atoms with van der Waals surface area (Å²) in [5.74, 6) is -0.476. The number of rotatable bonds is 3. The number of nitrogens with zero attached hydrogens (tertiary/aromatic N) is 2. The zero-order valence-electron chi connectivity index (χ0n) is 20.5. The molecule has 8 heteroatoms. The maximum Gasteiger partial charge on any atom is 0.496 e. The molecule has 0 unspecified atom stereocenters. The van der Waals surface area contributed by atoms with Gasteiger partial charge in [-0.25, -0.2) is 8.78 Å². The summed E-state index contributed by atoms with van der Waals surface area (Å²) in [5.41, 5.74) is 3.84. The highest BCUT2D eigenvalue weighted by molar-refractivity contribution is 9.10. The quantitative estimate of drug-likeness (QED) is 0.262. The molecule has 0 bridgehead atoms. The van der Waals surface area contributed by atoms with Gasteiger partial charge in [0.25, 0.3) is 0 Å². The van der Waals surface area contributed by atoms with Crippen LogP contribution >= 0.6 is 15.9 Å². The van der Waals surface area contributed by atoms with Crippen molar-refractivity contribution in [2.24, 2.45) is 0 Å². The maximum atomic E-state index is 13.0. The Hall–Kier alpha value is -2.94. The molecule has 4 nitrogen and oxygen atoms in total. The van der Waals surface area contributed by atoms with Crippen LogP contribution in [0, 0.1) is 11.6 Å². The summed E-state index contributed by atoms with van der Waals surface area (Å²) in [6, 6.07) is 16.6. The third-order valence-corrected chi connectivity index (χ3v) is 6.78. The highest BCUT2D eigenvalue weighted by Crippen LogP contribution is 2.36. The van der Waals surface area contributed by atoms with Gasteiger partial charge in [0.15, 0.2) is 0 Å². The molecular formula is C28H26BBrF2N2O2. The maximum absolute atomic E-state index is 13.0. The van der Waals surface area contributed by atoms with E-state index in [1.54, 1.807) is 49.1 Å². The highest BCUT2D eigenvalue weighted by Gasteiger charge is 2.51. The van der Waals surface area contributed by atoms with Crippen molar-refractivity contribution in [3.05, 3.63) is 102 Å². The van der Waals surface area contributed by atoms with Crippen LogP contribution in [0.5, 0.6) is 0 Å². The van der Waals surface area contributed by atoms with Gasteiger partial charge >= 0.3 is 7.12 Å². The van der Waals surface area contributed by atoms with Crippen LogP contribution in [0.4, 0.5) is 8.78 Å². The van der Waals surface area contributed by atoms with E-state index in [0.29, 0.717) is 0 Å². The molecule has 0 aliphatic carbocycles. The van der Waals surface area contributed by atoms with Crippen molar-refractivity contribution in [1.29, 1.82) is 0 Å². The van der Waals surface area contributed by atoms with Crippen molar-refractivity contribution in [1.82, 2.24) is 9.97 Å². The summed E-state index contributed by atoms with van der Waals surface area (Å²) in [4.78, 5) is 8.31. The summed E-state index contributed by atoms with van der Waals surface area (Å²) in [7, 11) is -0.446. The molecular weight excluding hydrogens is 525 g/mol. The molecule has 0 saturated carbocycles. The molecule has 5 rings (SSSR count). The third kappa shape index (κ3) is 6.06. The fraction of sp³-hybridized carbons (Fsp3) is 0.214. The van der Waals surface area contributed by atoms with Gasteiger partial charge in [-0.15, -0.1) is 0 Å². The molecule has 1 aliphatic rings. The Morgan fingerprint density at radius 1 is 0.639 bits per heavy atom. The van der Waals surface area contributed by atoms with E-state index in [4.69, 9.17) is 9.31 Å². The Labute approximate surface area is 219 Å². The van der Waals surface area contributed by atoms with Gasteiger partial charge in [-0.05, 0) is 90.6 Å². The van der Waals surface area contributed by atoms with Crippen molar-refractivity contribution in [3.63, 3.8) is 0 Å². The fourth-order valence-corrected chi connectivity index (χ4v) is 3.94. The van der Waals surface area contributed by atoms with Crippen molar-refractivity contribution < 1.29 is 18.1 Å². The summed E-state index contributed by atoms with van der Waals surface area (Å²) >= 11 is 3.34. The van der Waals surface area contributed by atoms with E-state index in [1.807, 2.05) is 39.8 Å². The molecule has 36 heavy (non-hydrogen) atoms. The molecule has 0 amide bonds. The molecule has 0 radical (unpaired) electrons. The first-order valence-corrected chi connectivity index (χ1v) is 12.3. The van der Waals surface area contributed by atoms with E-state index < -0.39 is 7.12 Å². The van der Waals surface area contributed by atoms with Gasteiger partial charge in [0.2, 0.25) is 0 Å². The van der Waals surface area contributed by atoms with Gasteiger partial charge in [0.05, 0.1) is 11.2 Å². The zero-order chi connectivity index (χ0) is 25.9. The lowest BCUT2D eigenvalue weighted by molar-refractivity contribution is 0.00578. The van der Waals surface area contributed by atoms with Gasteiger partial charge in [-0.3, -0.25) is 9.97 Å². The first-order valence-electron chi connectivity index (χ1n) is 11.5. The topological polar surface area (TPSA) is 44.2 Å².